The third-order valence-electron chi connectivity index (χ3n) is 26.4. The van der Waals surface area contributed by atoms with Crippen LogP contribution in [-0.2, 0) is 99.8 Å². The van der Waals surface area contributed by atoms with Gasteiger partial charge in [0, 0.05) is 12.3 Å². The highest BCUT2D eigenvalue weighted by molar-refractivity contribution is 5.80. The van der Waals surface area contributed by atoms with E-state index in [1.807, 2.05) is 6.92 Å². The summed E-state index contributed by atoms with van der Waals surface area (Å²) in [5.74, 6) is -6.70. The Morgan fingerprint density at radius 1 is 0.491 bits per heavy atom. The number of esters is 6. The molecule has 0 aromatic carbocycles. The summed E-state index contributed by atoms with van der Waals surface area (Å²) >= 11 is 0. The summed E-state index contributed by atoms with van der Waals surface area (Å²) in [6, 6.07) is 0. The molecule has 4 unspecified atom stereocenters. The van der Waals surface area contributed by atoms with Crippen LogP contribution < -0.4 is 0 Å². The van der Waals surface area contributed by atoms with E-state index in [0.717, 1.165) is 12.5 Å². The zero-order chi connectivity index (χ0) is 82.9. The van der Waals surface area contributed by atoms with Crippen LogP contribution >= 0.6 is 0 Å². The lowest BCUT2D eigenvalue weighted by Crippen LogP contribution is -2.70. The monoisotopic (exact) mass is 1610 g/mol. The number of carbonyl (C=O) groups is 6. The van der Waals surface area contributed by atoms with E-state index in [-0.39, 0.29) is 43.9 Å². The van der Waals surface area contributed by atoms with E-state index in [1.54, 1.807) is 0 Å². The molecule has 35 heteroatoms. The lowest BCUT2D eigenvalue weighted by Gasteiger charge is -2.72. The lowest BCUT2D eigenvalue weighted by molar-refractivity contribution is -0.380. The summed E-state index contributed by atoms with van der Waals surface area (Å²) in [5.41, 5.74) is -4.57. The zero-order valence-corrected chi connectivity index (χ0v) is 66.4. The first-order valence-corrected chi connectivity index (χ1v) is 39.3. The smallest absolute Gasteiger partial charge is 0.317 e. The molecular weight excluding hydrogens is 1480 g/mol. The van der Waals surface area contributed by atoms with Gasteiger partial charge in [-0.3, -0.25) is 28.8 Å². The van der Waals surface area contributed by atoms with Crippen LogP contribution in [0.1, 0.15) is 181 Å². The van der Waals surface area contributed by atoms with Crippen LogP contribution in [0.15, 0.2) is 11.6 Å². The highest BCUT2D eigenvalue weighted by atomic mass is 16.8. The van der Waals surface area contributed by atoms with Crippen molar-refractivity contribution in [1.29, 1.82) is 0 Å². The first kappa shape index (κ1) is 90.0. The minimum atomic E-state index is -2.09. The molecule has 4 saturated carbocycles. The van der Waals surface area contributed by atoms with Gasteiger partial charge < -0.3 is 143 Å². The highest BCUT2D eigenvalue weighted by Crippen LogP contribution is 2.76. The van der Waals surface area contributed by atoms with E-state index in [1.165, 1.54) is 55.4 Å². The maximum absolute atomic E-state index is 16.2. The number of allylic oxidation sites excluding steroid dienone is 2. The van der Waals surface area contributed by atoms with Crippen molar-refractivity contribution in [2.45, 2.75) is 371 Å². The summed E-state index contributed by atoms with van der Waals surface area (Å²) in [4.78, 5) is 81.2. The van der Waals surface area contributed by atoms with Gasteiger partial charge in [0.15, 0.2) is 43.5 Å². The average molecular weight is 1610 g/mol. The van der Waals surface area contributed by atoms with Gasteiger partial charge in [-0.05, 0) is 146 Å². The predicted octanol–water partition coefficient (Wildman–Crippen LogP) is -0.690. The topological polar surface area (TPSA) is 524 Å². The molecule has 0 spiro atoms. The number of hydrogen-bond acceptors (Lipinski definition) is 35. The second kappa shape index (κ2) is 34.9. The number of hydrogen-bond donors (Lipinski definition) is 14. The van der Waals surface area contributed by atoms with Gasteiger partial charge in [0.25, 0.3) is 0 Å². The summed E-state index contributed by atoms with van der Waals surface area (Å²) in [6.45, 7) is 23.7. The van der Waals surface area contributed by atoms with Crippen LogP contribution in [0.5, 0.6) is 0 Å². The Hall–Kier alpha value is -4.36. The standard InChI is InChI=1S/C77H122O35/c1-31(79)22-47(84)99-32(2)23-48(85)100-33(3)24-49(86)101-34(4)25-50(87)107-60-37(7)105-70(64(57(60)94)110-69-63(106-39(9)80)58(95)61(38(8)104-69)108-66-59(96)62(43(82)29-98-66)109-67-55(92)53(90)51(88)35(5)102-67)112-71(97)77-21-20-72(10,11)26-41(77)40-16-17-45-73(12)27-42(81)65(111-68-56(93)54(91)52(89)36(6)103-68)74(13,30-78)44(73)18-19-75(45,14)76(40,15)28-46(77)83/h16,31-38,41-46,51-70,78-79,81-83,88-96H,17-30H2,1-15H3/t31-,32-,33-,34-,35+,36-,37+,38-,41?,42-,43+,44?,45?,46+,51-,52-,53+,54+,55+,56+,57-,58+,59+,60-,61-,62-,63+,64+,65-,66-,67-,68-,69?,70-,73-,74-,75+,76+,77+/m0/s1. The molecule has 35 nitrogen and oxygen atoms in total. The number of ether oxygens (including phenoxy) is 15. The van der Waals surface area contributed by atoms with Crippen molar-refractivity contribution in [2.24, 2.45) is 50.2 Å². The van der Waals surface area contributed by atoms with Gasteiger partial charge in [-0.15, -0.1) is 0 Å². The van der Waals surface area contributed by atoms with Gasteiger partial charge in [-0.2, -0.15) is 0 Å². The first-order valence-electron chi connectivity index (χ1n) is 39.3. The highest BCUT2D eigenvalue weighted by Gasteiger charge is 2.74. The number of aliphatic hydroxyl groups is 14. The molecule has 640 valence electrons. The molecule has 5 aliphatic heterocycles. The quantitative estimate of drug-likeness (QED) is 0.0246. The molecule has 39 atom stereocenters. The number of rotatable bonds is 24. The molecule has 10 rings (SSSR count). The maximum Gasteiger partial charge on any atom is 0.317 e. The molecule has 5 saturated heterocycles. The first-order chi connectivity index (χ1) is 52.2. The minimum Gasteiger partial charge on any atom is -0.462 e. The van der Waals surface area contributed by atoms with Gasteiger partial charge in [-0.25, -0.2) is 0 Å². The molecule has 0 bridgehead atoms. The van der Waals surface area contributed by atoms with Gasteiger partial charge >= 0.3 is 35.8 Å². The fourth-order valence-corrected chi connectivity index (χ4v) is 20.3. The van der Waals surface area contributed by atoms with Crippen molar-refractivity contribution in [3.8, 4) is 0 Å². The van der Waals surface area contributed by atoms with Crippen LogP contribution in [0.25, 0.3) is 0 Å². The molecule has 0 aromatic heterocycles. The second-order valence-corrected chi connectivity index (χ2v) is 35.3. The Labute approximate surface area is 651 Å². The van der Waals surface area contributed by atoms with Crippen molar-refractivity contribution < 1.29 is 171 Å². The third kappa shape index (κ3) is 17.7. The number of fused-ring (bicyclic) bond motifs is 7. The summed E-state index contributed by atoms with van der Waals surface area (Å²) < 4.78 is 88.9. The predicted molar refractivity (Wildman–Crippen MR) is 378 cm³/mol. The van der Waals surface area contributed by atoms with Crippen molar-refractivity contribution in [3.63, 3.8) is 0 Å². The molecular formula is C77H122O35. The fraction of sp³-hybridized carbons (Fsp3) is 0.896. The van der Waals surface area contributed by atoms with Crippen LogP contribution in [0.3, 0.4) is 0 Å². The minimum absolute atomic E-state index is 0.0326. The van der Waals surface area contributed by atoms with Crippen molar-refractivity contribution in [3.05, 3.63) is 11.6 Å². The Morgan fingerprint density at radius 3 is 1.56 bits per heavy atom. The van der Waals surface area contributed by atoms with Crippen LogP contribution in [0.2, 0.25) is 0 Å². The summed E-state index contributed by atoms with van der Waals surface area (Å²) in [7, 11) is 0. The Balaban J connectivity index is 0.907. The Morgan fingerprint density at radius 2 is 1.00 bits per heavy atom. The van der Waals surface area contributed by atoms with Gasteiger partial charge in [0.1, 0.15) is 97.0 Å². The molecule has 0 amide bonds. The fourth-order valence-electron chi connectivity index (χ4n) is 20.3. The van der Waals surface area contributed by atoms with Crippen LogP contribution in [0.4, 0.5) is 0 Å². The van der Waals surface area contributed by atoms with Gasteiger partial charge in [0.2, 0.25) is 6.29 Å². The molecule has 5 heterocycles. The molecule has 0 aromatic rings. The molecule has 112 heavy (non-hydrogen) atoms. The maximum atomic E-state index is 16.2. The largest absolute Gasteiger partial charge is 0.462 e. The van der Waals surface area contributed by atoms with Gasteiger partial charge in [0.05, 0.1) is 87.7 Å². The number of aliphatic hydroxyl groups excluding tert-OH is 14. The van der Waals surface area contributed by atoms with Crippen molar-refractivity contribution >= 4 is 35.8 Å². The Kier molecular flexibility index (Phi) is 28.0. The van der Waals surface area contributed by atoms with Gasteiger partial charge in [-0.1, -0.05) is 53.2 Å². The van der Waals surface area contributed by atoms with Crippen molar-refractivity contribution in [2.75, 3.05) is 13.2 Å². The van der Waals surface area contributed by atoms with Crippen molar-refractivity contribution in [1.82, 2.24) is 0 Å². The van der Waals surface area contributed by atoms with Crippen LogP contribution in [-0.4, -0.2) is 311 Å². The van der Waals surface area contributed by atoms with Crippen LogP contribution in [0, 0.1) is 50.2 Å². The molecule has 10 aliphatic rings. The number of carbonyl (C=O) groups excluding carboxylic acids is 6. The third-order valence-corrected chi connectivity index (χ3v) is 26.4. The zero-order valence-electron chi connectivity index (χ0n) is 66.4. The summed E-state index contributed by atoms with van der Waals surface area (Å²) in [5, 5.41) is 158. The summed E-state index contributed by atoms with van der Waals surface area (Å²) in [6.07, 6.45) is -45.0. The van der Waals surface area contributed by atoms with E-state index in [4.69, 9.17) is 71.1 Å². The molecule has 14 N–H and O–H groups in total. The van der Waals surface area contributed by atoms with E-state index >= 15 is 4.79 Å². The lowest BCUT2D eigenvalue weighted by atomic mass is 9.33. The molecule has 5 aliphatic carbocycles. The van der Waals surface area contributed by atoms with E-state index in [9.17, 15) is 95.5 Å². The van der Waals surface area contributed by atoms with E-state index in [0.29, 0.717) is 32.1 Å². The molecule has 0 radical (unpaired) electrons. The Bertz CT molecular complexity index is 3320. The van der Waals surface area contributed by atoms with E-state index < -0.39 is 290 Å². The average Bonchev–Trinajstić information content (AvgIpc) is 0.668. The normalized spacial score (nSPS) is 47.0. The second-order valence-electron chi connectivity index (χ2n) is 35.3. The molecule has 9 fully saturated rings. The SMILES string of the molecule is CC(=O)O[C@H]1C(O[C@H]2[C@H](OC(=O)[C@]34CCC(C)(C)CC3C3=CCC5[C@@]6(C)C[C@H](O)[C@H](O[C@@H]7O[C@@H](C)[C@H](O)[C@@H](O)[C@H]7O)[C@@](C)(CO)C6CC[C@@]5(C)[C@]3(C)C[C@H]4O)O[C@H](C)[C@H](OC(=O)C[C@H](C)OC(=O)C[C@H](C)OC(=O)C[C@H](C)OC(=O)C[C@H](C)O)[C@@H]2O)O[C@@H](C)[C@H](O[C@@H]2OC[C@@H](O)[C@H](O[C@@H]3O[C@H](C)[C@H](O)[C@@H](O)[C@H]3O)[C@H]2O)[C@H]1O. The van der Waals surface area contributed by atoms with E-state index in [2.05, 4.69) is 40.7 Å².